The molecular formula is C17H24N4O2S. The smallest absolute Gasteiger partial charge is 0.271 e. The summed E-state index contributed by atoms with van der Waals surface area (Å²) < 4.78 is 1.36. The number of amides is 1. The van der Waals surface area contributed by atoms with Crippen molar-refractivity contribution >= 4 is 17.2 Å². The van der Waals surface area contributed by atoms with Crippen LogP contribution in [0.4, 0.5) is 0 Å². The number of nitrogens with zero attached hydrogens (tertiary/aromatic N) is 3. The van der Waals surface area contributed by atoms with Gasteiger partial charge in [-0.3, -0.25) is 9.59 Å². The van der Waals surface area contributed by atoms with Gasteiger partial charge in [0.15, 0.2) is 0 Å². The molecule has 0 saturated heterocycles. The summed E-state index contributed by atoms with van der Waals surface area (Å²) in [5.41, 5.74) is 0.0964. The number of thiophene rings is 1. The summed E-state index contributed by atoms with van der Waals surface area (Å²) >= 11 is 1.67. The number of rotatable bonds is 8. The molecule has 0 bridgehead atoms. The molecule has 2 aromatic heterocycles. The highest BCUT2D eigenvalue weighted by molar-refractivity contribution is 7.10. The van der Waals surface area contributed by atoms with E-state index in [0.29, 0.717) is 13.1 Å². The van der Waals surface area contributed by atoms with Crippen LogP contribution in [0.3, 0.4) is 0 Å². The van der Waals surface area contributed by atoms with Crippen molar-refractivity contribution in [3.8, 4) is 0 Å². The van der Waals surface area contributed by atoms with Crippen LogP contribution in [0.2, 0.25) is 0 Å². The minimum atomic E-state index is -0.261. The molecule has 2 heterocycles. The van der Waals surface area contributed by atoms with Crippen molar-refractivity contribution in [2.75, 3.05) is 20.6 Å². The standard InChI is InChI=1S/C17H24N4O2S/c1-4-5-10-21-16(22)9-8-13(19-21)17(23)18-12-14(20(2)3)15-7-6-11-24-15/h6-9,11,14H,4-5,10,12H2,1-3H3,(H,18,23). The summed E-state index contributed by atoms with van der Waals surface area (Å²) in [6.07, 6.45) is 1.83. The molecule has 0 spiro atoms. The number of hydrogen-bond donors (Lipinski definition) is 1. The van der Waals surface area contributed by atoms with Crippen molar-refractivity contribution in [1.29, 1.82) is 0 Å². The average Bonchev–Trinajstić information content (AvgIpc) is 3.08. The van der Waals surface area contributed by atoms with Crippen LogP contribution in [-0.2, 0) is 6.54 Å². The first-order valence-corrected chi connectivity index (χ1v) is 8.97. The molecule has 0 radical (unpaired) electrons. The van der Waals surface area contributed by atoms with Crippen LogP contribution in [0.5, 0.6) is 0 Å². The second-order valence-corrected chi connectivity index (χ2v) is 6.82. The lowest BCUT2D eigenvalue weighted by molar-refractivity contribution is 0.0934. The molecule has 2 aromatic rings. The summed E-state index contributed by atoms with van der Waals surface area (Å²) in [5, 5.41) is 9.12. The predicted octanol–water partition coefficient (Wildman–Crippen LogP) is 2.14. The molecule has 6 nitrogen and oxygen atoms in total. The van der Waals surface area contributed by atoms with Gasteiger partial charge < -0.3 is 10.2 Å². The largest absolute Gasteiger partial charge is 0.349 e. The maximum atomic E-state index is 12.4. The second-order valence-electron chi connectivity index (χ2n) is 5.84. The van der Waals surface area contributed by atoms with Gasteiger partial charge in [0.05, 0.1) is 6.04 Å². The van der Waals surface area contributed by atoms with E-state index in [1.807, 2.05) is 32.5 Å². The minimum Gasteiger partial charge on any atom is -0.349 e. The Kier molecular flexibility index (Phi) is 6.69. The second kappa shape index (κ2) is 8.75. The van der Waals surface area contributed by atoms with Crippen LogP contribution in [0.1, 0.15) is 41.2 Å². The molecule has 0 fully saturated rings. The summed E-state index contributed by atoms with van der Waals surface area (Å²) in [6.45, 7) is 3.07. The lowest BCUT2D eigenvalue weighted by atomic mass is 10.2. The topological polar surface area (TPSA) is 67.2 Å². The van der Waals surface area contributed by atoms with Crippen molar-refractivity contribution in [3.63, 3.8) is 0 Å². The Bertz CT molecular complexity index is 710. The molecule has 24 heavy (non-hydrogen) atoms. The van der Waals surface area contributed by atoms with Crippen LogP contribution in [-0.4, -0.2) is 41.2 Å². The molecular weight excluding hydrogens is 324 g/mol. The lowest BCUT2D eigenvalue weighted by Crippen LogP contribution is -2.35. The van der Waals surface area contributed by atoms with Gasteiger partial charge in [0.25, 0.3) is 11.5 Å². The van der Waals surface area contributed by atoms with E-state index in [0.717, 1.165) is 12.8 Å². The molecule has 1 atom stereocenters. The highest BCUT2D eigenvalue weighted by Gasteiger charge is 2.17. The number of nitrogens with one attached hydrogen (secondary N) is 1. The van der Waals surface area contributed by atoms with E-state index in [1.165, 1.54) is 21.7 Å². The summed E-state index contributed by atoms with van der Waals surface area (Å²) in [7, 11) is 3.97. The molecule has 1 amide bonds. The molecule has 130 valence electrons. The van der Waals surface area contributed by atoms with E-state index in [-0.39, 0.29) is 23.2 Å². The SMILES string of the molecule is CCCCn1nc(C(=O)NCC(c2cccs2)N(C)C)ccc1=O. The number of likely N-dealkylation sites (N-methyl/N-ethyl adjacent to an activating group) is 1. The summed E-state index contributed by atoms with van der Waals surface area (Å²) in [4.78, 5) is 27.4. The Morgan fingerprint density at radius 3 is 2.79 bits per heavy atom. The quantitative estimate of drug-likeness (QED) is 0.794. The van der Waals surface area contributed by atoms with Gasteiger partial charge in [0.1, 0.15) is 5.69 Å². The minimum absolute atomic E-state index is 0.111. The van der Waals surface area contributed by atoms with Crippen molar-refractivity contribution in [3.05, 3.63) is 50.6 Å². The van der Waals surface area contributed by atoms with Gasteiger partial charge in [-0.2, -0.15) is 5.10 Å². The molecule has 0 aromatic carbocycles. The first-order valence-electron chi connectivity index (χ1n) is 8.09. The first kappa shape index (κ1) is 18.4. The van der Waals surface area contributed by atoms with Crippen LogP contribution >= 0.6 is 11.3 Å². The van der Waals surface area contributed by atoms with E-state index in [2.05, 4.69) is 21.4 Å². The monoisotopic (exact) mass is 348 g/mol. The molecule has 0 aliphatic carbocycles. The van der Waals surface area contributed by atoms with Crippen LogP contribution in [0.25, 0.3) is 0 Å². The predicted molar refractivity (Wildman–Crippen MR) is 96.5 cm³/mol. The van der Waals surface area contributed by atoms with Crippen LogP contribution in [0, 0.1) is 0 Å². The molecule has 1 unspecified atom stereocenters. The molecule has 0 saturated carbocycles. The Balaban J connectivity index is 2.05. The number of aromatic nitrogens is 2. The zero-order valence-corrected chi connectivity index (χ0v) is 15.2. The van der Waals surface area contributed by atoms with E-state index >= 15 is 0 Å². The van der Waals surface area contributed by atoms with Gasteiger partial charge in [-0.25, -0.2) is 4.68 Å². The summed E-state index contributed by atoms with van der Waals surface area (Å²) in [6, 6.07) is 7.06. The molecule has 0 aliphatic heterocycles. The third kappa shape index (κ3) is 4.75. The average molecular weight is 348 g/mol. The Morgan fingerprint density at radius 1 is 1.38 bits per heavy atom. The fourth-order valence-electron chi connectivity index (χ4n) is 2.34. The highest BCUT2D eigenvalue weighted by atomic mass is 32.1. The lowest BCUT2D eigenvalue weighted by Gasteiger charge is -2.23. The van der Waals surface area contributed by atoms with Gasteiger partial charge in [-0.15, -0.1) is 11.3 Å². The van der Waals surface area contributed by atoms with Gasteiger partial charge in [-0.05, 0) is 38.0 Å². The van der Waals surface area contributed by atoms with Crippen molar-refractivity contribution < 1.29 is 4.79 Å². The van der Waals surface area contributed by atoms with Crippen LogP contribution < -0.4 is 10.9 Å². The molecule has 2 rings (SSSR count). The Hall–Kier alpha value is -1.99. The van der Waals surface area contributed by atoms with Crippen molar-refractivity contribution in [2.24, 2.45) is 0 Å². The van der Waals surface area contributed by atoms with E-state index < -0.39 is 0 Å². The summed E-state index contributed by atoms with van der Waals surface area (Å²) in [5.74, 6) is -0.261. The fourth-order valence-corrected chi connectivity index (χ4v) is 3.26. The van der Waals surface area contributed by atoms with Crippen molar-refractivity contribution in [2.45, 2.75) is 32.4 Å². The van der Waals surface area contributed by atoms with E-state index in [4.69, 9.17) is 0 Å². The Labute approximate surface area is 146 Å². The number of aryl methyl sites for hydroxylation is 1. The number of unbranched alkanes of at least 4 members (excludes halogenated alkanes) is 1. The maximum Gasteiger partial charge on any atom is 0.271 e. The maximum absolute atomic E-state index is 12.4. The van der Waals surface area contributed by atoms with Gasteiger partial charge in [0.2, 0.25) is 0 Å². The molecule has 0 aliphatic rings. The van der Waals surface area contributed by atoms with E-state index in [9.17, 15) is 9.59 Å². The number of carbonyl (C=O) groups is 1. The van der Waals surface area contributed by atoms with Gasteiger partial charge in [0, 0.05) is 24.0 Å². The zero-order valence-electron chi connectivity index (χ0n) is 14.4. The first-order chi connectivity index (χ1) is 11.5. The fraction of sp³-hybridized carbons (Fsp3) is 0.471. The zero-order chi connectivity index (χ0) is 17.5. The van der Waals surface area contributed by atoms with Gasteiger partial charge in [-0.1, -0.05) is 19.4 Å². The highest BCUT2D eigenvalue weighted by Crippen LogP contribution is 2.22. The molecule has 1 N–H and O–H groups in total. The number of hydrogen-bond acceptors (Lipinski definition) is 5. The van der Waals surface area contributed by atoms with Gasteiger partial charge >= 0.3 is 0 Å². The normalized spacial score (nSPS) is 12.3. The van der Waals surface area contributed by atoms with Crippen LogP contribution in [0.15, 0.2) is 34.4 Å². The molecule has 7 heteroatoms. The van der Waals surface area contributed by atoms with Crippen molar-refractivity contribution in [1.82, 2.24) is 20.0 Å². The Morgan fingerprint density at radius 2 is 2.17 bits per heavy atom. The van der Waals surface area contributed by atoms with E-state index in [1.54, 1.807) is 11.3 Å². The number of carbonyl (C=O) groups excluding carboxylic acids is 1. The third-order valence-corrected chi connectivity index (χ3v) is 4.75. The third-order valence-electron chi connectivity index (χ3n) is 3.77.